The zero-order valence-corrected chi connectivity index (χ0v) is 20.5. The summed E-state index contributed by atoms with van der Waals surface area (Å²) in [6, 6.07) is 5.48. The SMILES string of the molecule is CC(=O)NCCCNc1nc(Nc2ccc3c(c2)CCN(C(=O)CC(C)(C)O)C3)ncc1C(F)(F)F. The highest BCUT2D eigenvalue weighted by atomic mass is 19.4. The molecule has 0 unspecified atom stereocenters. The highest BCUT2D eigenvalue weighted by Crippen LogP contribution is 2.34. The third-order valence-corrected chi connectivity index (χ3v) is 5.53. The Balaban J connectivity index is 1.69. The van der Waals surface area contributed by atoms with Gasteiger partial charge in [-0.2, -0.15) is 18.2 Å². The minimum Gasteiger partial charge on any atom is -0.390 e. The van der Waals surface area contributed by atoms with Gasteiger partial charge < -0.3 is 26.0 Å². The van der Waals surface area contributed by atoms with Gasteiger partial charge in [-0.25, -0.2) is 4.98 Å². The first-order chi connectivity index (χ1) is 16.8. The minimum atomic E-state index is -4.63. The van der Waals surface area contributed by atoms with Crippen molar-refractivity contribution >= 4 is 29.3 Å². The molecule has 1 aromatic heterocycles. The standard InChI is InChI=1S/C24H31F3N6O3/c1-15(34)28-8-4-9-29-21-19(24(25,26)27)13-30-22(32-21)31-18-6-5-17-14-33(10-7-16(17)11-18)20(35)12-23(2,3)36/h5-6,11,13,36H,4,7-10,12,14H2,1-3H3,(H,28,34)(H2,29,30,31,32). The zero-order chi connectivity index (χ0) is 26.5. The molecule has 4 N–H and O–H groups in total. The second-order valence-corrected chi connectivity index (χ2v) is 9.38. The number of hydrogen-bond donors (Lipinski definition) is 4. The normalized spacial score (nSPS) is 13.7. The number of amides is 2. The number of anilines is 3. The fourth-order valence-electron chi connectivity index (χ4n) is 3.80. The molecule has 0 radical (unpaired) electrons. The Hall–Kier alpha value is -3.41. The third kappa shape index (κ3) is 7.80. The van der Waals surface area contributed by atoms with Gasteiger partial charge in [0.15, 0.2) is 0 Å². The fourth-order valence-corrected chi connectivity index (χ4v) is 3.80. The number of hydrogen-bond acceptors (Lipinski definition) is 7. The number of carbonyl (C=O) groups is 2. The number of halogens is 3. The summed E-state index contributed by atoms with van der Waals surface area (Å²) in [5, 5.41) is 18.1. The van der Waals surface area contributed by atoms with Gasteiger partial charge in [0.05, 0.1) is 12.0 Å². The van der Waals surface area contributed by atoms with Crippen molar-refractivity contribution < 1.29 is 27.9 Å². The number of nitrogens with one attached hydrogen (secondary N) is 3. The number of alkyl halides is 3. The summed E-state index contributed by atoms with van der Waals surface area (Å²) in [5.74, 6) is -0.671. The van der Waals surface area contributed by atoms with Crippen LogP contribution in [-0.2, 0) is 28.7 Å². The van der Waals surface area contributed by atoms with E-state index in [1.807, 2.05) is 12.1 Å². The smallest absolute Gasteiger partial charge is 0.390 e. The molecule has 196 valence electrons. The van der Waals surface area contributed by atoms with Crippen molar-refractivity contribution in [1.29, 1.82) is 0 Å². The maximum absolute atomic E-state index is 13.4. The molecule has 0 bridgehead atoms. The van der Waals surface area contributed by atoms with E-state index in [4.69, 9.17) is 0 Å². The van der Waals surface area contributed by atoms with Crippen molar-refractivity contribution in [2.24, 2.45) is 0 Å². The molecule has 0 saturated carbocycles. The number of benzene rings is 1. The molecule has 36 heavy (non-hydrogen) atoms. The molecule has 2 aromatic rings. The van der Waals surface area contributed by atoms with E-state index in [9.17, 15) is 27.9 Å². The van der Waals surface area contributed by atoms with Crippen LogP contribution in [0.15, 0.2) is 24.4 Å². The highest BCUT2D eigenvalue weighted by molar-refractivity contribution is 5.77. The number of aromatic nitrogens is 2. The van der Waals surface area contributed by atoms with Crippen LogP contribution in [0.2, 0.25) is 0 Å². The van der Waals surface area contributed by atoms with Gasteiger partial charge in [0.1, 0.15) is 11.4 Å². The van der Waals surface area contributed by atoms with Gasteiger partial charge in [-0.05, 0) is 49.9 Å². The largest absolute Gasteiger partial charge is 0.421 e. The first-order valence-corrected chi connectivity index (χ1v) is 11.6. The maximum Gasteiger partial charge on any atom is 0.421 e. The van der Waals surface area contributed by atoms with Crippen LogP contribution in [0.3, 0.4) is 0 Å². The minimum absolute atomic E-state index is 0.00472. The predicted molar refractivity (Wildman–Crippen MR) is 129 cm³/mol. The lowest BCUT2D eigenvalue weighted by molar-refractivity contribution is -0.137. The summed E-state index contributed by atoms with van der Waals surface area (Å²) in [6.07, 6.45) is -2.83. The molecule has 0 saturated heterocycles. The van der Waals surface area contributed by atoms with E-state index in [-0.39, 0.29) is 36.5 Å². The van der Waals surface area contributed by atoms with Crippen LogP contribution >= 0.6 is 0 Å². The van der Waals surface area contributed by atoms with Gasteiger partial charge in [-0.15, -0.1) is 0 Å². The molecule has 0 aliphatic carbocycles. The Morgan fingerprint density at radius 3 is 2.58 bits per heavy atom. The summed E-state index contributed by atoms with van der Waals surface area (Å²) in [7, 11) is 0. The Labute approximate surface area is 207 Å². The van der Waals surface area contributed by atoms with Gasteiger partial charge >= 0.3 is 6.18 Å². The summed E-state index contributed by atoms with van der Waals surface area (Å²) in [4.78, 5) is 32.9. The van der Waals surface area contributed by atoms with Crippen LogP contribution in [0.1, 0.15) is 50.3 Å². The molecule has 1 aromatic carbocycles. The van der Waals surface area contributed by atoms with Crippen LogP contribution in [0.5, 0.6) is 0 Å². The van der Waals surface area contributed by atoms with E-state index in [2.05, 4.69) is 25.9 Å². The van der Waals surface area contributed by atoms with Crippen molar-refractivity contribution in [3.63, 3.8) is 0 Å². The molecule has 0 atom stereocenters. The molecule has 12 heteroatoms. The maximum atomic E-state index is 13.4. The van der Waals surface area contributed by atoms with Crippen LogP contribution in [0.4, 0.5) is 30.6 Å². The second kappa shape index (κ2) is 11.1. The topological polar surface area (TPSA) is 119 Å². The van der Waals surface area contributed by atoms with Gasteiger partial charge in [0, 0.05) is 45.0 Å². The van der Waals surface area contributed by atoms with Gasteiger partial charge in [-0.1, -0.05) is 6.07 Å². The van der Waals surface area contributed by atoms with E-state index in [1.54, 1.807) is 24.8 Å². The summed E-state index contributed by atoms with van der Waals surface area (Å²) >= 11 is 0. The quantitative estimate of drug-likeness (QED) is 0.384. The third-order valence-electron chi connectivity index (χ3n) is 5.53. The number of nitrogens with zero attached hydrogens (tertiary/aromatic N) is 3. The average Bonchev–Trinajstić information content (AvgIpc) is 2.76. The van der Waals surface area contributed by atoms with E-state index < -0.39 is 17.3 Å². The van der Waals surface area contributed by atoms with Gasteiger partial charge in [0.25, 0.3) is 0 Å². The Morgan fingerprint density at radius 1 is 1.17 bits per heavy atom. The predicted octanol–water partition coefficient (Wildman–Crippen LogP) is 3.22. The Kier molecular flexibility index (Phi) is 8.39. The molecule has 0 fully saturated rings. The lowest BCUT2D eigenvalue weighted by Gasteiger charge is -2.31. The number of fused-ring (bicyclic) bond motifs is 1. The van der Waals surface area contributed by atoms with Crippen LogP contribution in [0.25, 0.3) is 0 Å². The molecule has 2 heterocycles. The Morgan fingerprint density at radius 2 is 1.92 bits per heavy atom. The van der Waals surface area contributed by atoms with Crippen LogP contribution in [-0.4, -0.2) is 57.0 Å². The monoisotopic (exact) mass is 508 g/mol. The molecular formula is C24H31F3N6O3. The molecule has 9 nitrogen and oxygen atoms in total. The lowest BCUT2D eigenvalue weighted by atomic mass is 9.97. The molecule has 1 aliphatic rings. The summed E-state index contributed by atoms with van der Waals surface area (Å²) < 4.78 is 40.3. The van der Waals surface area contributed by atoms with Crippen molar-refractivity contribution in [3.8, 4) is 0 Å². The molecule has 1 aliphatic heterocycles. The van der Waals surface area contributed by atoms with Crippen molar-refractivity contribution in [3.05, 3.63) is 41.1 Å². The average molecular weight is 509 g/mol. The van der Waals surface area contributed by atoms with Crippen molar-refractivity contribution in [2.75, 3.05) is 30.3 Å². The van der Waals surface area contributed by atoms with E-state index in [0.29, 0.717) is 38.2 Å². The Bertz CT molecular complexity index is 1100. The van der Waals surface area contributed by atoms with E-state index in [0.717, 1.165) is 17.3 Å². The first-order valence-electron chi connectivity index (χ1n) is 11.6. The zero-order valence-electron chi connectivity index (χ0n) is 20.5. The molecule has 3 rings (SSSR count). The molecule has 2 amide bonds. The number of aliphatic hydroxyl groups is 1. The van der Waals surface area contributed by atoms with Gasteiger partial charge in [0.2, 0.25) is 17.8 Å². The fraction of sp³-hybridized carbons (Fsp3) is 0.500. The highest BCUT2D eigenvalue weighted by Gasteiger charge is 2.35. The van der Waals surface area contributed by atoms with Crippen LogP contribution in [0, 0.1) is 0 Å². The summed E-state index contributed by atoms with van der Waals surface area (Å²) in [6.45, 7) is 6.00. The van der Waals surface area contributed by atoms with E-state index >= 15 is 0 Å². The first kappa shape index (κ1) is 27.2. The molecular weight excluding hydrogens is 477 g/mol. The van der Waals surface area contributed by atoms with Crippen molar-refractivity contribution in [2.45, 2.75) is 58.4 Å². The summed E-state index contributed by atoms with van der Waals surface area (Å²) in [5.41, 5.74) is 0.530. The van der Waals surface area contributed by atoms with E-state index in [1.165, 1.54) is 6.92 Å². The van der Waals surface area contributed by atoms with Gasteiger partial charge in [-0.3, -0.25) is 9.59 Å². The second-order valence-electron chi connectivity index (χ2n) is 9.38. The number of carbonyl (C=O) groups excluding carboxylic acids is 2. The van der Waals surface area contributed by atoms with Crippen LogP contribution < -0.4 is 16.0 Å². The molecule has 0 spiro atoms. The van der Waals surface area contributed by atoms with Crippen molar-refractivity contribution in [1.82, 2.24) is 20.2 Å². The lowest BCUT2D eigenvalue weighted by Crippen LogP contribution is -2.39. The number of rotatable bonds is 9.